The molecule has 1 saturated heterocycles. The van der Waals surface area contributed by atoms with Gasteiger partial charge in [0.2, 0.25) is 5.95 Å². The summed E-state index contributed by atoms with van der Waals surface area (Å²) in [6.07, 6.45) is 2.80. The van der Waals surface area contributed by atoms with Crippen molar-refractivity contribution in [1.82, 2.24) is 9.97 Å². The minimum atomic E-state index is -4.31. The molecule has 128 valence electrons. The fourth-order valence-electron chi connectivity index (χ4n) is 2.68. The Labute approximate surface area is 138 Å². The second-order valence-corrected chi connectivity index (χ2v) is 5.87. The number of piperidine rings is 1. The van der Waals surface area contributed by atoms with Crippen molar-refractivity contribution in [1.29, 1.82) is 0 Å². The Hall–Kier alpha value is -2.31. The predicted octanol–water partition coefficient (Wildman–Crippen LogP) is 4.10. The number of hydrogen-bond acceptors (Lipinski definition) is 4. The molecular formula is C17H19F3N4. The Morgan fingerprint density at radius 1 is 0.958 bits per heavy atom. The molecule has 3 rings (SSSR count). The minimum absolute atomic E-state index is 0.464. The van der Waals surface area contributed by atoms with E-state index in [2.05, 4.69) is 20.2 Å². The van der Waals surface area contributed by atoms with Gasteiger partial charge in [-0.05, 0) is 43.5 Å². The number of hydrogen-bond donors (Lipinski definition) is 1. The van der Waals surface area contributed by atoms with Crippen molar-refractivity contribution in [3.05, 3.63) is 47.8 Å². The van der Waals surface area contributed by atoms with Gasteiger partial charge in [0.05, 0.1) is 5.56 Å². The van der Waals surface area contributed by atoms with Gasteiger partial charge in [0.1, 0.15) is 0 Å². The third-order valence-corrected chi connectivity index (χ3v) is 4.04. The zero-order valence-electron chi connectivity index (χ0n) is 13.2. The summed E-state index contributed by atoms with van der Waals surface area (Å²) in [5.74, 6) is 0.744. The van der Waals surface area contributed by atoms with Gasteiger partial charge in [0, 0.05) is 43.3 Å². The summed E-state index contributed by atoms with van der Waals surface area (Å²) in [7, 11) is 0. The van der Waals surface area contributed by atoms with Gasteiger partial charge < -0.3 is 10.2 Å². The summed E-state index contributed by atoms with van der Waals surface area (Å²) >= 11 is 0. The summed E-state index contributed by atoms with van der Waals surface area (Å²) in [6, 6.07) is 4.98. The monoisotopic (exact) mass is 336 g/mol. The highest BCUT2D eigenvalue weighted by molar-refractivity contribution is 5.45. The first kappa shape index (κ1) is 16.5. The molecule has 4 nitrogen and oxygen atoms in total. The molecule has 0 bridgehead atoms. The van der Waals surface area contributed by atoms with E-state index in [4.69, 9.17) is 0 Å². The van der Waals surface area contributed by atoms with Gasteiger partial charge in [-0.2, -0.15) is 13.2 Å². The third kappa shape index (κ3) is 4.15. The van der Waals surface area contributed by atoms with E-state index in [1.54, 1.807) is 12.4 Å². The van der Waals surface area contributed by atoms with Gasteiger partial charge in [-0.15, -0.1) is 0 Å². The van der Waals surface area contributed by atoms with Crippen LogP contribution in [0.4, 0.5) is 24.8 Å². The van der Waals surface area contributed by atoms with Crippen LogP contribution in [0.5, 0.6) is 0 Å². The molecule has 0 aliphatic carbocycles. The van der Waals surface area contributed by atoms with E-state index in [0.717, 1.165) is 36.7 Å². The lowest BCUT2D eigenvalue weighted by Crippen LogP contribution is -2.30. The molecule has 1 N–H and O–H groups in total. The SMILES string of the molecule is FC(F)(F)c1ccc(NCc2cnc(N3CCCCC3)nc2)cc1. The van der Waals surface area contributed by atoms with Crippen LogP contribution in [0.3, 0.4) is 0 Å². The highest BCUT2D eigenvalue weighted by Gasteiger charge is 2.29. The molecule has 0 spiro atoms. The largest absolute Gasteiger partial charge is 0.416 e. The Morgan fingerprint density at radius 2 is 1.58 bits per heavy atom. The number of benzene rings is 1. The van der Waals surface area contributed by atoms with Crippen molar-refractivity contribution in [2.45, 2.75) is 32.0 Å². The molecule has 1 fully saturated rings. The van der Waals surface area contributed by atoms with Crippen LogP contribution in [0.25, 0.3) is 0 Å². The first-order valence-corrected chi connectivity index (χ1v) is 7.99. The van der Waals surface area contributed by atoms with Crippen LogP contribution in [0.2, 0.25) is 0 Å². The average molecular weight is 336 g/mol. The minimum Gasteiger partial charge on any atom is -0.381 e. The first-order valence-electron chi connectivity index (χ1n) is 7.99. The van der Waals surface area contributed by atoms with Gasteiger partial charge in [-0.1, -0.05) is 0 Å². The number of alkyl halides is 3. The molecule has 1 aromatic heterocycles. The van der Waals surface area contributed by atoms with E-state index in [-0.39, 0.29) is 0 Å². The number of rotatable bonds is 4. The second kappa shape index (κ2) is 7.07. The smallest absolute Gasteiger partial charge is 0.381 e. The predicted molar refractivity (Wildman–Crippen MR) is 86.9 cm³/mol. The summed E-state index contributed by atoms with van der Waals surface area (Å²) in [4.78, 5) is 11.0. The van der Waals surface area contributed by atoms with E-state index < -0.39 is 11.7 Å². The van der Waals surface area contributed by atoms with Crippen LogP contribution in [-0.2, 0) is 12.7 Å². The maximum absolute atomic E-state index is 12.5. The van der Waals surface area contributed by atoms with Crippen molar-refractivity contribution >= 4 is 11.6 Å². The zero-order chi connectivity index (χ0) is 17.0. The van der Waals surface area contributed by atoms with Crippen molar-refractivity contribution in [2.75, 3.05) is 23.3 Å². The van der Waals surface area contributed by atoms with E-state index in [0.29, 0.717) is 12.2 Å². The lowest BCUT2D eigenvalue weighted by atomic mass is 10.1. The van der Waals surface area contributed by atoms with E-state index in [9.17, 15) is 13.2 Å². The molecule has 0 amide bonds. The van der Waals surface area contributed by atoms with Gasteiger partial charge in [0.15, 0.2) is 0 Å². The van der Waals surface area contributed by atoms with Crippen LogP contribution >= 0.6 is 0 Å². The van der Waals surface area contributed by atoms with Crippen molar-refractivity contribution < 1.29 is 13.2 Å². The fourth-order valence-corrected chi connectivity index (χ4v) is 2.68. The molecule has 24 heavy (non-hydrogen) atoms. The molecule has 0 unspecified atom stereocenters. The van der Waals surface area contributed by atoms with E-state index in [1.807, 2.05) is 0 Å². The molecule has 1 aliphatic heterocycles. The van der Waals surface area contributed by atoms with Gasteiger partial charge in [-0.25, -0.2) is 9.97 Å². The van der Waals surface area contributed by atoms with E-state index in [1.165, 1.54) is 31.4 Å². The van der Waals surface area contributed by atoms with Crippen LogP contribution in [0, 0.1) is 0 Å². The lowest BCUT2D eigenvalue weighted by molar-refractivity contribution is -0.137. The molecule has 7 heteroatoms. The maximum atomic E-state index is 12.5. The van der Waals surface area contributed by atoms with Crippen LogP contribution < -0.4 is 10.2 Å². The Balaban J connectivity index is 1.56. The van der Waals surface area contributed by atoms with Gasteiger partial charge in [0.25, 0.3) is 0 Å². The molecule has 2 heterocycles. The molecule has 0 saturated carbocycles. The average Bonchev–Trinajstić information content (AvgIpc) is 2.61. The molecule has 1 aromatic carbocycles. The second-order valence-electron chi connectivity index (χ2n) is 5.87. The highest BCUT2D eigenvalue weighted by Crippen LogP contribution is 2.29. The van der Waals surface area contributed by atoms with Gasteiger partial charge >= 0.3 is 6.18 Å². The van der Waals surface area contributed by atoms with Crippen molar-refractivity contribution in [2.24, 2.45) is 0 Å². The number of aromatic nitrogens is 2. The Bertz CT molecular complexity index is 647. The molecule has 0 atom stereocenters. The van der Waals surface area contributed by atoms with E-state index >= 15 is 0 Å². The summed E-state index contributed by atoms with van der Waals surface area (Å²) in [5.41, 5.74) is 0.862. The topological polar surface area (TPSA) is 41.1 Å². The zero-order valence-corrected chi connectivity index (χ0v) is 13.2. The Kier molecular flexibility index (Phi) is 4.87. The molecular weight excluding hydrogens is 317 g/mol. The maximum Gasteiger partial charge on any atom is 0.416 e. The number of halogens is 3. The van der Waals surface area contributed by atoms with Crippen LogP contribution in [-0.4, -0.2) is 23.1 Å². The quantitative estimate of drug-likeness (QED) is 0.913. The number of anilines is 2. The number of nitrogens with zero attached hydrogens (tertiary/aromatic N) is 3. The van der Waals surface area contributed by atoms with Crippen LogP contribution in [0.1, 0.15) is 30.4 Å². The summed E-state index contributed by atoms with van der Waals surface area (Å²) in [6.45, 7) is 2.44. The van der Waals surface area contributed by atoms with Crippen molar-refractivity contribution in [3.8, 4) is 0 Å². The lowest BCUT2D eigenvalue weighted by Gasteiger charge is -2.26. The summed E-state index contributed by atoms with van der Waals surface area (Å²) in [5, 5.41) is 3.08. The fraction of sp³-hybridized carbons (Fsp3) is 0.412. The van der Waals surface area contributed by atoms with Gasteiger partial charge in [-0.3, -0.25) is 0 Å². The van der Waals surface area contributed by atoms with Crippen molar-refractivity contribution in [3.63, 3.8) is 0 Å². The standard InChI is InChI=1S/C17H19F3N4/c18-17(19,20)14-4-6-15(7-5-14)21-10-13-11-22-16(23-12-13)24-8-2-1-3-9-24/h4-7,11-12,21H,1-3,8-10H2. The number of nitrogens with one attached hydrogen (secondary N) is 1. The summed E-state index contributed by atoms with van der Waals surface area (Å²) < 4.78 is 37.6. The highest BCUT2D eigenvalue weighted by atomic mass is 19.4. The normalized spacial score (nSPS) is 15.4. The molecule has 2 aromatic rings. The third-order valence-electron chi connectivity index (χ3n) is 4.04. The molecule has 1 aliphatic rings. The first-order chi connectivity index (χ1) is 11.5. The molecule has 0 radical (unpaired) electrons. The Morgan fingerprint density at radius 3 is 2.17 bits per heavy atom. The van der Waals surface area contributed by atoms with Crippen LogP contribution in [0.15, 0.2) is 36.7 Å².